The third-order valence-electron chi connectivity index (χ3n) is 3.14. The van der Waals surface area contributed by atoms with Crippen molar-refractivity contribution >= 4 is 33.5 Å². The highest BCUT2D eigenvalue weighted by atomic mass is 79.9. The van der Waals surface area contributed by atoms with Gasteiger partial charge in [-0.05, 0) is 17.7 Å². The van der Waals surface area contributed by atoms with Crippen LogP contribution in [0.25, 0.3) is 0 Å². The van der Waals surface area contributed by atoms with Gasteiger partial charge in [-0.2, -0.15) is 0 Å². The number of thioether (sulfide) groups is 1. The first-order valence-corrected chi connectivity index (χ1v) is 8.76. The average molecular weight is 469 g/mol. The van der Waals surface area contributed by atoms with E-state index in [1.807, 2.05) is 42.5 Å². The third-order valence-corrected chi connectivity index (χ3v) is 4.49. The van der Waals surface area contributed by atoms with Crippen LogP contribution in [0, 0.1) is 0 Å². The Morgan fingerprint density at radius 3 is 2.46 bits per heavy atom. The van der Waals surface area contributed by atoms with E-state index in [9.17, 15) is 4.79 Å². The van der Waals surface area contributed by atoms with Crippen molar-refractivity contribution < 1.29 is 26.2 Å². The number of halogens is 2. The van der Waals surface area contributed by atoms with E-state index in [2.05, 4.69) is 26.1 Å². The number of benzene rings is 2. The van der Waals surface area contributed by atoms with Crippen LogP contribution in [0.1, 0.15) is 21.8 Å². The summed E-state index contributed by atoms with van der Waals surface area (Å²) in [6.07, 6.45) is 0.592. The molecule has 3 rings (SSSR count). The highest BCUT2D eigenvalue weighted by Gasteiger charge is 2.11. The quantitative estimate of drug-likeness (QED) is 0.404. The molecule has 1 aromatic heterocycles. The van der Waals surface area contributed by atoms with Crippen LogP contribution in [-0.2, 0) is 6.42 Å². The molecule has 0 amide bonds. The van der Waals surface area contributed by atoms with E-state index in [0.29, 0.717) is 23.1 Å². The zero-order chi connectivity index (χ0) is 16.1. The second-order valence-corrected chi connectivity index (χ2v) is 6.69. The number of nitrogens with zero attached hydrogens (tertiary/aromatic N) is 2. The third kappa shape index (κ3) is 5.29. The maximum atomic E-state index is 12.1. The highest BCUT2D eigenvalue weighted by molar-refractivity contribution is 9.10. The molecule has 7 heteroatoms. The molecule has 124 valence electrons. The van der Waals surface area contributed by atoms with Crippen LogP contribution in [0.4, 0.5) is 0 Å². The lowest BCUT2D eigenvalue weighted by Gasteiger charge is -1.99. The number of carbonyl (C=O) groups excluding carboxylic acids is 1. The van der Waals surface area contributed by atoms with Gasteiger partial charge in [-0.3, -0.25) is 4.79 Å². The van der Waals surface area contributed by atoms with E-state index >= 15 is 0 Å². The molecule has 0 saturated carbocycles. The zero-order valence-corrected chi connectivity index (χ0v) is 16.5. The predicted molar refractivity (Wildman–Crippen MR) is 92.7 cm³/mol. The summed E-state index contributed by atoms with van der Waals surface area (Å²) in [5.74, 6) is 0.856. The summed E-state index contributed by atoms with van der Waals surface area (Å²) in [6.45, 7) is 0. The van der Waals surface area contributed by atoms with Gasteiger partial charge in [0.1, 0.15) is 0 Å². The van der Waals surface area contributed by atoms with E-state index in [1.165, 1.54) is 11.8 Å². The van der Waals surface area contributed by atoms with Gasteiger partial charge in [-0.15, -0.1) is 10.2 Å². The molecule has 1 heterocycles. The molecule has 0 radical (unpaired) electrons. The average Bonchev–Trinajstić information content (AvgIpc) is 3.02. The summed E-state index contributed by atoms with van der Waals surface area (Å²) in [5, 5.41) is 8.42. The summed E-state index contributed by atoms with van der Waals surface area (Å²) < 4.78 is 6.52. The Kier molecular flexibility index (Phi) is 7.20. The van der Waals surface area contributed by atoms with Crippen molar-refractivity contribution in [3.05, 3.63) is 76.1 Å². The van der Waals surface area contributed by atoms with Crippen molar-refractivity contribution in [1.82, 2.24) is 10.2 Å². The molecule has 0 aliphatic carbocycles. The first-order valence-electron chi connectivity index (χ1n) is 6.98. The van der Waals surface area contributed by atoms with Gasteiger partial charge in [0.05, 0.1) is 12.2 Å². The number of ketones is 1. The number of Topliss-reactive ketones (excluding diaryl/α,β-unsaturated/α-hetero) is 1. The number of aromatic nitrogens is 2. The molecule has 0 fully saturated rings. The number of hydrogen-bond acceptors (Lipinski definition) is 5. The fourth-order valence-electron chi connectivity index (χ4n) is 1.98. The Labute approximate surface area is 163 Å². The zero-order valence-electron chi connectivity index (χ0n) is 12.5. The van der Waals surface area contributed by atoms with Crippen LogP contribution in [0.3, 0.4) is 0 Å². The van der Waals surface area contributed by atoms with Crippen molar-refractivity contribution in [2.75, 3.05) is 5.75 Å². The molecule has 4 nitrogen and oxygen atoms in total. The molecule has 0 aliphatic rings. The fraction of sp³-hybridized carbons (Fsp3) is 0.118. The largest absolute Gasteiger partial charge is 1.00 e. The van der Waals surface area contributed by atoms with E-state index in [1.54, 1.807) is 12.1 Å². The minimum Gasteiger partial charge on any atom is -1.00 e. The summed E-state index contributed by atoms with van der Waals surface area (Å²) in [4.78, 5) is 12.1. The fourth-order valence-corrected chi connectivity index (χ4v) is 2.92. The standard InChI is InChI=1S/C17H13BrN2O2S.BrH/c18-14-8-6-13(7-9-14)15(21)11-23-17-20-19-16(22-17)10-12-4-2-1-3-5-12;/h1-9H,10-11H2;1H/p-1. The Morgan fingerprint density at radius 2 is 1.75 bits per heavy atom. The van der Waals surface area contributed by atoms with Crippen LogP contribution < -0.4 is 17.0 Å². The smallest absolute Gasteiger partial charge is 0.277 e. The van der Waals surface area contributed by atoms with Crippen molar-refractivity contribution in [2.24, 2.45) is 0 Å². The lowest BCUT2D eigenvalue weighted by atomic mass is 10.2. The molecule has 0 spiro atoms. The minimum atomic E-state index is 0. The van der Waals surface area contributed by atoms with Gasteiger partial charge in [0.15, 0.2) is 5.78 Å². The molecule has 0 aliphatic heterocycles. The van der Waals surface area contributed by atoms with E-state index in [0.717, 1.165) is 10.0 Å². The number of hydrogen-bond donors (Lipinski definition) is 0. The summed E-state index contributed by atoms with van der Waals surface area (Å²) in [6, 6.07) is 17.2. The Balaban J connectivity index is 0.00000208. The van der Waals surface area contributed by atoms with Gasteiger partial charge in [-0.1, -0.05) is 70.2 Å². The lowest BCUT2D eigenvalue weighted by molar-refractivity contribution is -0.0000129. The van der Waals surface area contributed by atoms with E-state index in [-0.39, 0.29) is 28.5 Å². The second kappa shape index (κ2) is 9.15. The highest BCUT2D eigenvalue weighted by Crippen LogP contribution is 2.20. The second-order valence-electron chi connectivity index (χ2n) is 4.84. The summed E-state index contributed by atoms with van der Waals surface area (Å²) >= 11 is 4.61. The normalized spacial score (nSPS) is 10.2. The van der Waals surface area contributed by atoms with E-state index in [4.69, 9.17) is 4.42 Å². The topological polar surface area (TPSA) is 56.0 Å². The minimum absolute atomic E-state index is 0. The molecule has 0 N–H and O–H groups in total. The molecule has 0 unspecified atom stereocenters. The van der Waals surface area contributed by atoms with Gasteiger partial charge in [0.25, 0.3) is 5.22 Å². The molecule has 0 saturated heterocycles. The van der Waals surface area contributed by atoms with Crippen molar-refractivity contribution in [1.29, 1.82) is 0 Å². The molecular formula is C17H13Br2N2O2S-. The molecule has 2 aromatic carbocycles. The van der Waals surface area contributed by atoms with Gasteiger partial charge in [-0.25, -0.2) is 0 Å². The monoisotopic (exact) mass is 467 g/mol. The maximum Gasteiger partial charge on any atom is 0.277 e. The summed E-state index contributed by atoms with van der Waals surface area (Å²) in [7, 11) is 0. The van der Waals surface area contributed by atoms with Gasteiger partial charge >= 0.3 is 0 Å². The molecule has 0 atom stereocenters. The molecule has 0 bridgehead atoms. The Morgan fingerprint density at radius 1 is 1.04 bits per heavy atom. The number of rotatable bonds is 6. The molecular weight excluding hydrogens is 456 g/mol. The first-order chi connectivity index (χ1) is 11.2. The lowest BCUT2D eigenvalue weighted by Crippen LogP contribution is -3.00. The van der Waals surface area contributed by atoms with Crippen LogP contribution in [0.15, 0.2) is 68.7 Å². The van der Waals surface area contributed by atoms with Crippen molar-refractivity contribution in [3.63, 3.8) is 0 Å². The maximum absolute atomic E-state index is 12.1. The van der Waals surface area contributed by atoms with Gasteiger partial charge < -0.3 is 21.4 Å². The first kappa shape index (κ1) is 18.9. The SMILES string of the molecule is O=C(CSc1nnc(Cc2ccccc2)o1)c1ccc(Br)cc1.[Br-]. The van der Waals surface area contributed by atoms with Gasteiger partial charge in [0.2, 0.25) is 5.89 Å². The van der Waals surface area contributed by atoms with Crippen molar-refractivity contribution in [2.45, 2.75) is 11.6 Å². The molecule has 24 heavy (non-hydrogen) atoms. The van der Waals surface area contributed by atoms with Crippen molar-refractivity contribution in [3.8, 4) is 0 Å². The van der Waals surface area contributed by atoms with Gasteiger partial charge in [0, 0.05) is 10.0 Å². The van der Waals surface area contributed by atoms with E-state index < -0.39 is 0 Å². The van der Waals surface area contributed by atoms with Crippen LogP contribution in [-0.4, -0.2) is 21.7 Å². The summed E-state index contributed by atoms with van der Waals surface area (Å²) in [5.41, 5.74) is 1.78. The number of carbonyl (C=O) groups is 1. The van der Waals surface area contributed by atoms with Crippen LogP contribution >= 0.6 is 27.7 Å². The Bertz CT molecular complexity index is 792. The predicted octanol–water partition coefficient (Wildman–Crippen LogP) is 1.40. The van der Waals surface area contributed by atoms with Crippen LogP contribution in [0.5, 0.6) is 0 Å². The molecule has 3 aromatic rings. The van der Waals surface area contributed by atoms with Crippen LogP contribution in [0.2, 0.25) is 0 Å². The Hall–Kier alpha value is -1.44.